The second kappa shape index (κ2) is 5.29. The minimum absolute atomic E-state index is 0.332. The lowest BCUT2D eigenvalue weighted by molar-refractivity contribution is 0.432. The Kier molecular flexibility index (Phi) is 3.47. The molecule has 0 bridgehead atoms. The van der Waals surface area contributed by atoms with E-state index in [1.807, 2.05) is 19.1 Å². The fourth-order valence-corrected chi connectivity index (χ4v) is 2.51. The number of aromatic nitrogens is 2. The third kappa shape index (κ3) is 2.67. The van der Waals surface area contributed by atoms with Crippen molar-refractivity contribution in [1.29, 1.82) is 0 Å². The highest BCUT2D eigenvalue weighted by atomic mass is 79.9. The fraction of sp³-hybridized carbons (Fsp3) is 0.0667. The van der Waals surface area contributed by atoms with Gasteiger partial charge in [-0.1, -0.05) is 11.2 Å². The van der Waals surface area contributed by atoms with Gasteiger partial charge < -0.3 is 10.3 Å². The van der Waals surface area contributed by atoms with E-state index < -0.39 is 0 Å². The fourth-order valence-electron chi connectivity index (χ4n) is 1.98. The number of rotatable bonds is 2. The maximum Gasteiger partial charge on any atom is 0.258 e. The Labute approximate surface area is 128 Å². The number of nitrogens with zero attached hydrogens (tertiary/aromatic N) is 2. The molecule has 4 nitrogen and oxygen atoms in total. The molecule has 0 atom stereocenters. The number of nitrogens with two attached hydrogens (primary N) is 1. The summed E-state index contributed by atoms with van der Waals surface area (Å²) >= 11 is 3.29. The zero-order valence-electron chi connectivity index (χ0n) is 11.1. The summed E-state index contributed by atoms with van der Waals surface area (Å²) in [4.78, 5) is 4.36. The first-order valence-corrected chi connectivity index (χ1v) is 6.99. The molecule has 6 heteroatoms. The number of hydrogen-bond acceptors (Lipinski definition) is 4. The van der Waals surface area contributed by atoms with Gasteiger partial charge in [0, 0.05) is 21.3 Å². The molecule has 21 heavy (non-hydrogen) atoms. The van der Waals surface area contributed by atoms with Gasteiger partial charge in [-0.3, -0.25) is 0 Å². The van der Waals surface area contributed by atoms with Crippen LogP contribution in [0.25, 0.3) is 22.8 Å². The lowest BCUT2D eigenvalue weighted by Gasteiger charge is -2.01. The van der Waals surface area contributed by atoms with E-state index >= 15 is 0 Å². The van der Waals surface area contributed by atoms with E-state index in [9.17, 15) is 4.39 Å². The average molecular weight is 348 g/mol. The molecular formula is C15H11BrFN3O. The van der Waals surface area contributed by atoms with Gasteiger partial charge in [-0.25, -0.2) is 4.39 Å². The topological polar surface area (TPSA) is 64.9 Å². The first kappa shape index (κ1) is 13.8. The number of hydrogen-bond donors (Lipinski definition) is 1. The quantitative estimate of drug-likeness (QED) is 0.705. The Hall–Kier alpha value is -2.21. The van der Waals surface area contributed by atoms with E-state index in [0.717, 1.165) is 11.1 Å². The van der Waals surface area contributed by atoms with Crippen molar-refractivity contribution in [2.24, 2.45) is 0 Å². The predicted octanol–water partition coefficient (Wildman–Crippen LogP) is 4.20. The molecule has 0 aliphatic carbocycles. The second-order valence-electron chi connectivity index (χ2n) is 4.62. The van der Waals surface area contributed by atoms with Crippen molar-refractivity contribution in [3.63, 3.8) is 0 Å². The van der Waals surface area contributed by atoms with Crippen molar-refractivity contribution in [2.45, 2.75) is 6.92 Å². The van der Waals surface area contributed by atoms with Crippen molar-refractivity contribution in [1.82, 2.24) is 10.1 Å². The number of benzene rings is 2. The van der Waals surface area contributed by atoms with Gasteiger partial charge in [-0.05, 0) is 58.7 Å². The zero-order valence-corrected chi connectivity index (χ0v) is 12.7. The molecule has 0 amide bonds. The Morgan fingerprint density at radius 1 is 1.14 bits per heavy atom. The van der Waals surface area contributed by atoms with Gasteiger partial charge in [-0.15, -0.1) is 0 Å². The molecule has 0 aliphatic rings. The van der Waals surface area contributed by atoms with Crippen LogP contribution in [0.15, 0.2) is 45.4 Å². The molecule has 0 spiro atoms. The molecule has 2 aromatic carbocycles. The number of halogens is 2. The van der Waals surface area contributed by atoms with Crippen molar-refractivity contribution in [2.75, 3.05) is 5.73 Å². The zero-order chi connectivity index (χ0) is 15.0. The van der Waals surface area contributed by atoms with Crippen LogP contribution in [-0.2, 0) is 0 Å². The molecular weight excluding hydrogens is 337 g/mol. The van der Waals surface area contributed by atoms with Gasteiger partial charge in [-0.2, -0.15) is 4.98 Å². The van der Waals surface area contributed by atoms with Crippen molar-refractivity contribution < 1.29 is 8.91 Å². The maximum absolute atomic E-state index is 13.1. The highest BCUT2D eigenvalue weighted by Gasteiger charge is 2.15. The molecule has 2 N–H and O–H groups in total. The van der Waals surface area contributed by atoms with Gasteiger partial charge in [0.15, 0.2) is 0 Å². The standard InChI is InChI=1S/C15H11BrFN3O/c1-8-2-4-10(18)7-12(8)15-19-14(20-21-15)11-5-3-9(17)6-13(11)16/h2-7H,18H2,1H3. The van der Waals surface area contributed by atoms with E-state index in [4.69, 9.17) is 10.3 Å². The normalized spacial score (nSPS) is 10.8. The van der Waals surface area contributed by atoms with Gasteiger partial charge in [0.2, 0.25) is 5.82 Å². The summed E-state index contributed by atoms with van der Waals surface area (Å²) in [5, 5.41) is 3.94. The van der Waals surface area contributed by atoms with Crippen LogP contribution in [0.1, 0.15) is 5.56 Å². The molecule has 3 aromatic rings. The Balaban J connectivity index is 2.06. The van der Waals surface area contributed by atoms with Gasteiger partial charge in [0.25, 0.3) is 5.89 Å². The molecule has 1 aromatic heterocycles. The van der Waals surface area contributed by atoms with Crippen LogP contribution in [0, 0.1) is 12.7 Å². The summed E-state index contributed by atoms with van der Waals surface area (Å²) in [6, 6.07) is 9.79. The lowest BCUT2D eigenvalue weighted by atomic mass is 10.1. The van der Waals surface area contributed by atoms with Crippen LogP contribution in [-0.4, -0.2) is 10.1 Å². The van der Waals surface area contributed by atoms with E-state index in [1.165, 1.54) is 12.1 Å². The van der Waals surface area contributed by atoms with Gasteiger partial charge in [0.1, 0.15) is 5.82 Å². The molecule has 1 heterocycles. The highest BCUT2D eigenvalue weighted by molar-refractivity contribution is 9.10. The SMILES string of the molecule is Cc1ccc(N)cc1-c1nc(-c2ccc(F)cc2Br)no1. The van der Waals surface area contributed by atoms with Crippen LogP contribution in [0.2, 0.25) is 0 Å². The second-order valence-corrected chi connectivity index (χ2v) is 5.48. The first-order chi connectivity index (χ1) is 10.0. The summed E-state index contributed by atoms with van der Waals surface area (Å²) in [7, 11) is 0. The summed E-state index contributed by atoms with van der Waals surface area (Å²) in [6.45, 7) is 1.94. The number of anilines is 1. The minimum atomic E-state index is -0.332. The number of nitrogen functional groups attached to an aromatic ring is 1. The first-order valence-electron chi connectivity index (χ1n) is 6.20. The van der Waals surface area contributed by atoms with E-state index in [0.29, 0.717) is 27.4 Å². The van der Waals surface area contributed by atoms with Crippen LogP contribution < -0.4 is 5.73 Å². The largest absolute Gasteiger partial charge is 0.399 e. The van der Waals surface area contributed by atoms with Gasteiger partial charge in [0.05, 0.1) is 0 Å². The molecule has 106 valence electrons. The maximum atomic E-state index is 13.1. The van der Waals surface area contributed by atoms with Crippen molar-refractivity contribution in [3.8, 4) is 22.8 Å². The van der Waals surface area contributed by atoms with Gasteiger partial charge >= 0.3 is 0 Å². The smallest absolute Gasteiger partial charge is 0.258 e. The van der Waals surface area contributed by atoms with E-state index in [2.05, 4.69) is 26.1 Å². The summed E-state index contributed by atoms with van der Waals surface area (Å²) in [6.07, 6.45) is 0. The molecule has 0 saturated carbocycles. The third-order valence-corrected chi connectivity index (χ3v) is 3.75. The molecule has 0 fully saturated rings. The van der Waals surface area contributed by atoms with E-state index in [1.54, 1.807) is 12.1 Å². The molecule has 0 saturated heterocycles. The van der Waals surface area contributed by atoms with E-state index in [-0.39, 0.29) is 5.82 Å². The Morgan fingerprint density at radius 3 is 2.71 bits per heavy atom. The summed E-state index contributed by atoms with van der Waals surface area (Å²) in [5.41, 5.74) is 8.84. The van der Waals surface area contributed by atoms with Crippen LogP contribution in [0.5, 0.6) is 0 Å². The minimum Gasteiger partial charge on any atom is -0.399 e. The highest BCUT2D eigenvalue weighted by Crippen LogP contribution is 2.30. The molecule has 0 radical (unpaired) electrons. The molecule has 3 rings (SSSR count). The molecule has 0 aliphatic heterocycles. The van der Waals surface area contributed by atoms with Crippen molar-refractivity contribution >= 4 is 21.6 Å². The van der Waals surface area contributed by atoms with Crippen molar-refractivity contribution in [3.05, 3.63) is 52.3 Å². The Bertz CT molecular complexity index is 816. The van der Waals surface area contributed by atoms with Crippen LogP contribution >= 0.6 is 15.9 Å². The number of aryl methyl sites for hydroxylation is 1. The van der Waals surface area contributed by atoms with Crippen LogP contribution in [0.3, 0.4) is 0 Å². The lowest BCUT2D eigenvalue weighted by Crippen LogP contribution is -1.89. The average Bonchev–Trinajstić information content (AvgIpc) is 2.91. The Morgan fingerprint density at radius 2 is 1.95 bits per heavy atom. The summed E-state index contributed by atoms with van der Waals surface area (Å²) in [5.74, 6) is 0.436. The monoisotopic (exact) mass is 347 g/mol. The molecule has 0 unspecified atom stereocenters. The third-order valence-electron chi connectivity index (χ3n) is 3.09. The summed E-state index contributed by atoms with van der Waals surface area (Å²) < 4.78 is 19.0. The predicted molar refractivity (Wildman–Crippen MR) is 82.0 cm³/mol. The van der Waals surface area contributed by atoms with Crippen LogP contribution in [0.4, 0.5) is 10.1 Å².